The zero-order valence-electron chi connectivity index (χ0n) is 16.7. The molecule has 0 aliphatic carbocycles. The second kappa shape index (κ2) is 13.3. The van der Waals surface area contributed by atoms with Crippen molar-refractivity contribution in [3.63, 3.8) is 0 Å². The van der Waals surface area contributed by atoms with E-state index >= 15 is 0 Å². The van der Waals surface area contributed by atoms with E-state index in [0.717, 1.165) is 13.5 Å². The Hall–Kier alpha value is -0.970. The Morgan fingerprint density at radius 1 is 1.18 bits per heavy atom. The van der Waals surface area contributed by atoms with Gasteiger partial charge in [0.25, 0.3) is 0 Å². The number of aliphatic hydroxyl groups excluding tert-OH is 1. The molecule has 4 N–H and O–H groups in total. The lowest BCUT2D eigenvalue weighted by molar-refractivity contribution is -0.137. The number of thioether (sulfide) groups is 1. The lowest BCUT2D eigenvalue weighted by Gasteiger charge is -2.29. The number of hydrogen-bond donors (Lipinski definition) is 4. The lowest BCUT2D eigenvalue weighted by atomic mass is 9.87. The van der Waals surface area contributed by atoms with Gasteiger partial charge < -0.3 is 20.6 Å². The molecule has 0 bridgehead atoms. The Morgan fingerprint density at radius 2 is 1.82 bits per heavy atom. The minimum Gasteiger partial charge on any atom is -0.383 e. The summed E-state index contributed by atoms with van der Waals surface area (Å²) in [6.45, 7) is 4.86. The summed E-state index contributed by atoms with van der Waals surface area (Å²) < 4.78 is 20.3. The van der Waals surface area contributed by atoms with Gasteiger partial charge in [0.05, 0.1) is 6.61 Å². The van der Waals surface area contributed by atoms with E-state index in [-0.39, 0.29) is 24.0 Å². The lowest BCUT2D eigenvalue weighted by Crippen LogP contribution is -2.46. The van der Waals surface area contributed by atoms with Crippen LogP contribution in [0.15, 0.2) is 0 Å². The molecule has 2 atom stereocenters. The van der Waals surface area contributed by atoms with Crippen LogP contribution >= 0.6 is 19.6 Å². The van der Waals surface area contributed by atoms with Crippen LogP contribution in [0.25, 0.3) is 0 Å². The molecule has 0 rings (SSSR count). The molecule has 1 unspecified atom stereocenters. The maximum atomic E-state index is 12.0. The summed E-state index contributed by atoms with van der Waals surface area (Å²) in [5.41, 5.74) is -1.16. The molecule has 0 saturated heterocycles. The summed E-state index contributed by atoms with van der Waals surface area (Å²) in [7, 11) is -3.21. The zero-order valence-corrected chi connectivity index (χ0v) is 18.4. The smallest absolute Gasteiger partial charge is 0.383 e. The molecule has 12 heteroatoms. The van der Waals surface area contributed by atoms with Crippen LogP contribution in [0.3, 0.4) is 0 Å². The first-order valence-corrected chi connectivity index (χ1v) is 11.3. The highest BCUT2D eigenvalue weighted by molar-refractivity contribution is 8.13. The molecule has 0 aromatic carbocycles. The number of amides is 2. The summed E-state index contributed by atoms with van der Waals surface area (Å²) >= 11 is 1.17. The van der Waals surface area contributed by atoms with E-state index in [1.165, 1.54) is 25.6 Å². The van der Waals surface area contributed by atoms with Crippen LogP contribution in [0.4, 0.5) is 0 Å². The van der Waals surface area contributed by atoms with Crippen molar-refractivity contribution < 1.29 is 38.0 Å². The number of nitrogens with one attached hydrogen (secondary N) is 2. The molecule has 0 aromatic heterocycles. The molecule has 28 heavy (non-hydrogen) atoms. The van der Waals surface area contributed by atoms with Crippen molar-refractivity contribution in [3.8, 4) is 0 Å². The molecule has 0 fully saturated rings. The second-order valence-corrected chi connectivity index (χ2v) is 9.39. The summed E-state index contributed by atoms with van der Waals surface area (Å²) in [4.78, 5) is 44.3. The van der Waals surface area contributed by atoms with Crippen molar-refractivity contribution in [2.75, 3.05) is 32.6 Å². The van der Waals surface area contributed by atoms with Crippen molar-refractivity contribution >= 4 is 36.5 Å². The number of rotatable bonds is 14. The third-order valence-electron chi connectivity index (χ3n) is 3.61. The molecule has 0 saturated carbocycles. The van der Waals surface area contributed by atoms with E-state index < -0.39 is 31.9 Å². The van der Waals surface area contributed by atoms with E-state index in [2.05, 4.69) is 15.2 Å². The SMILES string of the molecule is CCCC(=O)SCCNC(=O)CCNC(=O)[C@H](O)C(C)(C)COP(=O)(O)OC. The van der Waals surface area contributed by atoms with Crippen LogP contribution in [-0.4, -0.2) is 65.6 Å². The van der Waals surface area contributed by atoms with Crippen LogP contribution in [0, 0.1) is 5.41 Å². The van der Waals surface area contributed by atoms with Crippen molar-refractivity contribution in [2.45, 2.75) is 46.1 Å². The van der Waals surface area contributed by atoms with E-state index in [1.54, 1.807) is 0 Å². The van der Waals surface area contributed by atoms with Crippen LogP contribution in [0.5, 0.6) is 0 Å². The highest BCUT2D eigenvalue weighted by Gasteiger charge is 2.36. The monoisotopic (exact) mass is 442 g/mol. The van der Waals surface area contributed by atoms with Crippen molar-refractivity contribution in [1.29, 1.82) is 0 Å². The predicted octanol–water partition coefficient (Wildman–Crippen LogP) is 0.819. The zero-order chi connectivity index (χ0) is 21.8. The van der Waals surface area contributed by atoms with E-state index in [1.807, 2.05) is 6.92 Å². The molecular weight excluding hydrogens is 411 g/mol. The van der Waals surface area contributed by atoms with Gasteiger partial charge in [0.15, 0.2) is 5.12 Å². The van der Waals surface area contributed by atoms with Crippen LogP contribution in [0.2, 0.25) is 0 Å². The first kappa shape index (κ1) is 27.0. The Kier molecular flexibility index (Phi) is 12.8. The number of aliphatic hydroxyl groups is 1. The van der Waals surface area contributed by atoms with Crippen LogP contribution in [-0.2, 0) is 28.0 Å². The molecule has 2 amide bonds. The van der Waals surface area contributed by atoms with E-state index in [9.17, 15) is 28.9 Å². The Bertz CT molecular complexity index is 573. The van der Waals surface area contributed by atoms with Crippen molar-refractivity contribution in [1.82, 2.24) is 10.6 Å². The summed E-state index contributed by atoms with van der Waals surface area (Å²) in [6, 6.07) is 0. The van der Waals surface area contributed by atoms with Crippen LogP contribution < -0.4 is 10.6 Å². The minimum absolute atomic E-state index is 0.0110. The predicted molar refractivity (Wildman–Crippen MR) is 106 cm³/mol. The molecule has 164 valence electrons. The molecule has 0 aliphatic rings. The van der Waals surface area contributed by atoms with Gasteiger partial charge in [-0.15, -0.1) is 0 Å². The highest BCUT2D eigenvalue weighted by Crippen LogP contribution is 2.43. The standard InChI is InChI=1S/C16H31N2O8PS/c1-5-6-13(20)28-10-9-17-12(19)7-8-18-15(22)14(21)16(2,3)11-26-27(23,24)25-4/h14,21H,5-11H2,1-4H3,(H,17,19)(H,18,22)(H,23,24)/t14-/m0/s1. The van der Waals surface area contributed by atoms with Crippen LogP contribution in [0.1, 0.15) is 40.0 Å². The van der Waals surface area contributed by atoms with Gasteiger partial charge in [0.2, 0.25) is 11.8 Å². The molecule has 10 nitrogen and oxygen atoms in total. The first-order valence-electron chi connectivity index (χ1n) is 8.86. The number of phosphoric ester groups is 1. The van der Waals surface area contributed by atoms with Gasteiger partial charge in [-0.05, 0) is 6.42 Å². The molecule has 0 aromatic rings. The molecule has 0 radical (unpaired) electrons. The van der Waals surface area contributed by atoms with Gasteiger partial charge in [-0.3, -0.25) is 23.4 Å². The van der Waals surface area contributed by atoms with Gasteiger partial charge in [0.1, 0.15) is 6.10 Å². The Morgan fingerprint density at radius 3 is 2.39 bits per heavy atom. The largest absolute Gasteiger partial charge is 0.471 e. The average molecular weight is 442 g/mol. The van der Waals surface area contributed by atoms with Gasteiger partial charge in [0, 0.05) is 44.2 Å². The van der Waals surface area contributed by atoms with E-state index in [4.69, 9.17) is 4.52 Å². The van der Waals surface area contributed by atoms with Gasteiger partial charge in [-0.1, -0.05) is 32.5 Å². The normalized spacial score (nSPS) is 14.8. The maximum absolute atomic E-state index is 12.0. The molecule has 0 aliphatic heterocycles. The third-order valence-corrected chi connectivity index (χ3v) is 5.46. The van der Waals surface area contributed by atoms with Crippen molar-refractivity contribution in [3.05, 3.63) is 0 Å². The second-order valence-electron chi connectivity index (χ2n) is 6.68. The summed E-state index contributed by atoms with van der Waals surface area (Å²) in [5, 5.41) is 15.3. The Balaban J connectivity index is 4.13. The number of carbonyl (C=O) groups excluding carboxylic acids is 3. The summed E-state index contributed by atoms with van der Waals surface area (Å²) in [6.07, 6.45) is -0.208. The number of hydrogen-bond acceptors (Lipinski definition) is 8. The van der Waals surface area contributed by atoms with Crippen molar-refractivity contribution in [2.24, 2.45) is 5.41 Å². The molecule has 0 spiro atoms. The fourth-order valence-electron chi connectivity index (χ4n) is 1.85. The minimum atomic E-state index is -4.22. The number of phosphoric acid groups is 1. The third kappa shape index (κ3) is 11.8. The first-order chi connectivity index (χ1) is 12.9. The Labute approximate surface area is 169 Å². The quantitative estimate of drug-likeness (QED) is 0.226. The number of carbonyl (C=O) groups is 3. The fourth-order valence-corrected chi connectivity index (χ4v) is 3.23. The van der Waals surface area contributed by atoms with Gasteiger partial charge in [-0.25, -0.2) is 4.57 Å². The van der Waals surface area contributed by atoms with Gasteiger partial charge >= 0.3 is 7.82 Å². The molecular formula is C16H31N2O8PS. The highest BCUT2D eigenvalue weighted by atomic mass is 32.2. The topological polar surface area (TPSA) is 151 Å². The average Bonchev–Trinajstić information content (AvgIpc) is 2.63. The maximum Gasteiger partial charge on any atom is 0.471 e. The van der Waals surface area contributed by atoms with Gasteiger partial charge in [-0.2, -0.15) is 0 Å². The molecule has 0 heterocycles. The fraction of sp³-hybridized carbons (Fsp3) is 0.812. The summed E-state index contributed by atoms with van der Waals surface area (Å²) in [5.74, 6) is -0.533. The van der Waals surface area contributed by atoms with E-state index in [0.29, 0.717) is 18.7 Å².